The van der Waals surface area contributed by atoms with Crippen molar-refractivity contribution in [3.05, 3.63) is 83.4 Å². The van der Waals surface area contributed by atoms with Gasteiger partial charge in [0, 0.05) is 36.5 Å². The molecule has 2 aromatic carbocycles. The standard InChI is InChI=1S/C23H22FN3O/c1-16-8-10-17(11-9-16)22-25-13-12-21(26-22)18-5-4-14-27(15-18)23(28)19-6-2-3-7-20(19)24/h2-3,6-13,18H,4-5,14-15H2,1H3. The lowest BCUT2D eigenvalue weighted by Gasteiger charge is -2.32. The molecule has 0 N–H and O–H groups in total. The summed E-state index contributed by atoms with van der Waals surface area (Å²) in [5, 5.41) is 0. The predicted octanol–water partition coefficient (Wildman–Crippen LogP) is 4.61. The van der Waals surface area contributed by atoms with Gasteiger partial charge in [-0.25, -0.2) is 14.4 Å². The van der Waals surface area contributed by atoms with E-state index in [4.69, 9.17) is 4.98 Å². The number of aryl methyl sites for hydroxylation is 1. The van der Waals surface area contributed by atoms with Gasteiger partial charge in [-0.1, -0.05) is 42.0 Å². The average Bonchev–Trinajstić information content (AvgIpc) is 2.74. The maximum atomic E-state index is 14.0. The van der Waals surface area contributed by atoms with Gasteiger partial charge in [-0.05, 0) is 38.0 Å². The number of hydrogen-bond acceptors (Lipinski definition) is 3. The molecule has 1 atom stereocenters. The normalized spacial score (nSPS) is 16.8. The third-order valence-electron chi connectivity index (χ3n) is 5.22. The van der Waals surface area contributed by atoms with Crippen LogP contribution in [0, 0.1) is 12.7 Å². The highest BCUT2D eigenvalue weighted by molar-refractivity contribution is 5.94. The summed E-state index contributed by atoms with van der Waals surface area (Å²) in [6, 6.07) is 16.2. The molecule has 5 heteroatoms. The molecule has 1 fully saturated rings. The molecule has 0 aliphatic carbocycles. The van der Waals surface area contributed by atoms with E-state index in [2.05, 4.69) is 4.98 Å². The van der Waals surface area contributed by atoms with Gasteiger partial charge in [-0.2, -0.15) is 0 Å². The van der Waals surface area contributed by atoms with Crippen molar-refractivity contribution in [2.75, 3.05) is 13.1 Å². The second-order valence-electron chi connectivity index (χ2n) is 7.24. The van der Waals surface area contributed by atoms with E-state index in [0.717, 1.165) is 24.1 Å². The molecule has 1 aliphatic rings. The average molecular weight is 375 g/mol. The first kappa shape index (κ1) is 18.3. The Balaban J connectivity index is 1.55. The molecule has 28 heavy (non-hydrogen) atoms. The summed E-state index contributed by atoms with van der Waals surface area (Å²) in [5.74, 6) is 0.0839. The fourth-order valence-electron chi connectivity index (χ4n) is 3.65. The van der Waals surface area contributed by atoms with Gasteiger partial charge in [0.25, 0.3) is 5.91 Å². The molecule has 0 radical (unpaired) electrons. The Morgan fingerprint density at radius 3 is 2.68 bits per heavy atom. The largest absolute Gasteiger partial charge is 0.338 e. The highest BCUT2D eigenvalue weighted by Crippen LogP contribution is 2.28. The fraction of sp³-hybridized carbons (Fsp3) is 0.261. The van der Waals surface area contributed by atoms with E-state index in [9.17, 15) is 9.18 Å². The van der Waals surface area contributed by atoms with Crippen molar-refractivity contribution < 1.29 is 9.18 Å². The summed E-state index contributed by atoms with van der Waals surface area (Å²) >= 11 is 0. The summed E-state index contributed by atoms with van der Waals surface area (Å²) in [5.41, 5.74) is 3.22. The Hall–Kier alpha value is -3.08. The molecule has 1 aromatic heterocycles. The molecule has 142 valence electrons. The van der Waals surface area contributed by atoms with Crippen molar-refractivity contribution in [2.24, 2.45) is 0 Å². The number of halogens is 1. The van der Waals surface area contributed by atoms with Crippen molar-refractivity contribution in [3.63, 3.8) is 0 Å². The first-order chi connectivity index (χ1) is 13.6. The molecule has 1 unspecified atom stereocenters. The number of carbonyl (C=O) groups is 1. The van der Waals surface area contributed by atoms with Gasteiger partial charge >= 0.3 is 0 Å². The van der Waals surface area contributed by atoms with Crippen LogP contribution in [0.4, 0.5) is 4.39 Å². The van der Waals surface area contributed by atoms with Gasteiger partial charge in [0.1, 0.15) is 5.82 Å². The Morgan fingerprint density at radius 1 is 1.11 bits per heavy atom. The monoisotopic (exact) mass is 375 g/mol. The topological polar surface area (TPSA) is 46.1 Å². The molecule has 1 aliphatic heterocycles. The summed E-state index contributed by atoms with van der Waals surface area (Å²) in [6.45, 7) is 3.22. The van der Waals surface area contributed by atoms with Crippen LogP contribution in [0.2, 0.25) is 0 Å². The van der Waals surface area contributed by atoms with Gasteiger partial charge < -0.3 is 4.90 Å². The maximum absolute atomic E-state index is 14.0. The first-order valence-electron chi connectivity index (χ1n) is 9.55. The van der Waals surface area contributed by atoms with E-state index in [1.54, 1.807) is 29.3 Å². The van der Waals surface area contributed by atoms with Crippen molar-refractivity contribution in [3.8, 4) is 11.4 Å². The van der Waals surface area contributed by atoms with Crippen LogP contribution in [0.3, 0.4) is 0 Å². The third-order valence-corrected chi connectivity index (χ3v) is 5.22. The van der Waals surface area contributed by atoms with Crippen LogP contribution in [0.1, 0.15) is 40.4 Å². The number of hydrogen-bond donors (Lipinski definition) is 0. The molecule has 1 saturated heterocycles. The van der Waals surface area contributed by atoms with Gasteiger partial charge in [0.2, 0.25) is 0 Å². The highest BCUT2D eigenvalue weighted by atomic mass is 19.1. The Morgan fingerprint density at radius 2 is 1.89 bits per heavy atom. The number of aromatic nitrogens is 2. The molecular weight excluding hydrogens is 353 g/mol. The number of carbonyl (C=O) groups excluding carboxylic acids is 1. The van der Waals surface area contributed by atoms with Gasteiger partial charge in [0.05, 0.1) is 5.56 Å². The predicted molar refractivity (Wildman–Crippen MR) is 106 cm³/mol. The third kappa shape index (κ3) is 3.79. The Kier molecular flexibility index (Phi) is 5.15. The second-order valence-corrected chi connectivity index (χ2v) is 7.24. The van der Waals surface area contributed by atoms with Gasteiger partial charge in [-0.3, -0.25) is 4.79 Å². The summed E-state index contributed by atoms with van der Waals surface area (Å²) in [4.78, 5) is 23.7. The zero-order valence-corrected chi connectivity index (χ0v) is 15.8. The van der Waals surface area contributed by atoms with Gasteiger partial charge in [0.15, 0.2) is 5.82 Å². The summed E-state index contributed by atoms with van der Waals surface area (Å²) in [6.07, 6.45) is 3.59. The van der Waals surface area contributed by atoms with Crippen molar-refractivity contribution >= 4 is 5.91 Å². The molecule has 4 rings (SSSR count). The smallest absolute Gasteiger partial charge is 0.256 e. The van der Waals surface area contributed by atoms with Crippen LogP contribution in [0.25, 0.3) is 11.4 Å². The number of piperidine rings is 1. The SMILES string of the molecule is Cc1ccc(-c2nccc(C3CCCN(C(=O)c4ccccc4F)C3)n2)cc1. The summed E-state index contributed by atoms with van der Waals surface area (Å²) < 4.78 is 14.0. The van der Waals surface area contributed by atoms with Gasteiger partial charge in [-0.15, -0.1) is 0 Å². The van der Waals surface area contributed by atoms with Crippen LogP contribution in [0.15, 0.2) is 60.8 Å². The molecule has 0 spiro atoms. The zero-order valence-electron chi connectivity index (χ0n) is 15.8. The lowest BCUT2D eigenvalue weighted by Crippen LogP contribution is -2.39. The number of likely N-dealkylation sites (tertiary alicyclic amines) is 1. The lowest BCUT2D eigenvalue weighted by molar-refractivity contribution is 0.0701. The highest BCUT2D eigenvalue weighted by Gasteiger charge is 2.27. The molecule has 2 heterocycles. The van der Waals surface area contributed by atoms with Crippen molar-refractivity contribution in [2.45, 2.75) is 25.7 Å². The zero-order chi connectivity index (χ0) is 19.5. The number of benzene rings is 2. The van der Waals surface area contributed by atoms with Crippen LogP contribution in [-0.4, -0.2) is 33.9 Å². The first-order valence-corrected chi connectivity index (χ1v) is 9.55. The molecule has 0 bridgehead atoms. The minimum absolute atomic E-state index is 0.122. The van der Waals surface area contributed by atoms with E-state index in [1.165, 1.54) is 11.6 Å². The van der Waals surface area contributed by atoms with Crippen LogP contribution in [0.5, 0.6) is 0 Å². The second kappa shape index (κ2) is 7.89. The lowest BCUT2D eigenvalue weighted by atomic mass is 9.94. The Labute approximate surface area is 164 Å². The summed E-state index contributed by atoms with van der Waals surface area (Å²) in [7, 11) is 0. The molecule has 1 amide bonds. The van der Waals surface area contributed by atoms with E-state index >= 15 is 0 Å². The minimum Gasteiger partial charge on any atom is -0.338 e. The molecule has 4 nitrogen and oxygen atoms in total. The van der Waals surface area contributed by atoms with E-state index in [-0.39, 0.29) is 17.4 Å². The van der Waals surface area contributed by atoms with E-state index < -0.39 is 5.82 Å². The van der Waals surface area contributed by atoms with Crippen molar-refractivity contribution in [1.82, 2.24) is 14.9 Å². The Bertz CT molecular complexity index is 987. The van der Waals surface area contributed by atoms with E-state index in [0.29, 0.717) is 18.9 Å². The van der Waals surface area contributed by atoms with Crippen LogP contribution < -0.4 is 0 Å². The van der Waals surface area contributed by atoms with Crippen LogP contribution >= 0.6 is 0 Å². The number of rotatable bonds is 3. The molecular formula is C23H22FN3O. The van der Waals surface area contributed by atoms with E-state index in [1.807, 2.05) is 37.3 Å². The molecule has 0 saturated carbocycles. The molecule has 3 aromatic rings. The maximum Gasteiger partial charge on any atom is 0.256 e. The quantitative estimate of drug-likeness (QED) is 0.671. The minimum atomic E-state index is -0.474. The fourth-order valence-corrected chi connectivity index (χ4v) is 3.65. The van der Waals surface area contributed by atoms with Crippen LogP contribution in [-0.2, 0) is 0 Å². The number of amides is 1. The van der Waals surface area contributed by atoms with Crippen molar-refractivity contribution in [1.29, 1.82) is 0 Å². The number of nitrogens with zero attached hydrogens (tertiary/aromatic N) is 3.